The molecular formula is C12H15N3O4S. The minimum Gasteiger partial charge on any atom is -0.315 e. The monoisotopic (exact) mass is 297 g/mol. The van der Waals surface area contributed by atoms with E-state index in [4.69, 9.17) is 0 Å². The lowest BCUT2D eigenvalue weighted by Crippen LogP contribution is -2.59. The maximum atomic E-state index is 12.3. The number of rotatable bonds is 4. The molecule has 0 amide bonds. The van der Waals surface area contributed by atoms with Crippen LogP contribution in [0.1, 0.15) is 12.8 Å². The summed E-state index contributed by atoms with van der Waals surface area (Å²) in [6, 6.07) is 4.95. The van der Waals surface area contributed by atoms with Crippen LogP contribution in [0.4, 0.5) is 5.69 Å². The second-order valence-corrected chi connectivity index (χ2v) is 7.06. The third kappa shape index (κ3) is 2.09. The Morgan fingerprint density at radius 2 is 2.05 bits per heavy atom. The summed E-state index contributed by atoms with van der Waals surface area (Å²) in [5.74, 6) is 0.343. The zero-order valence-electron chi connectivity index (χ0n) is 10.7. The molecule has 0 spiro atoms. The molecule has 2 N–H and O–H groups in total. The van der Waals surface area contributed by atoms with Crippen molar-refractivity contribution in [2.45, 2.75) is 23.3 Å². The highest BCUT2D eigenvalue weighted by atomic mass is 32.2. The van der Waals surface area contributed by atoms with Gasteiger partial charge in [0.2, 0.25) is 10.0 Å². The fourth-order valence-corrected chi connectivity index (χ4v) is 4.43. The minimum absolute atomic E-state index is 0.0648. The van der Waals surface area contributed by atoms with E-state index in [1.54, 1.807) is 0 Å². The number of nitro groups is 1. The molecule has 1 aromatic rings. The molecule has 1 aliphatic heterocycles. The van der Waals surface area contributed by atoms with E-state index in [0.29, 0.717) is 12.5 Å². The standard InChI is InChI=1S/C12H15N3O4S/c16-15(17)10-1-3-11(4-2-10)20(18,19)14-12-6-5-9(12)7-13-8-12/h1-4,9,13-14H,5-8H2. The lowest BCUT2D eigenvalue weighted by atomic mass is 9.70. The Morgan fingerprint density at radius 1 is 1.35 bits per heavy atom. The molecule has 1 saturated carbocycles. The zero-order valence-corrected chi connectivity index (χ0v) is 11.5. The second kappa shape index (κ2) is 4.51. The van der Waals surface area contributed by atoms with Crippen LogP contribution in [0.15, 0.2) is 29.2 Å². The van der Waals surface area contributed by atoms with E-state index >= 15 is 0 Å². The summed E-state index contributed by atoms with van der Waals surface area (Å²) in [6.07, 6.45) is 1.85. The van der Waals surface area contributed by atoms with E-state index < -0.39 is 14.9 Å². The molecule has 1 aliphatic carbocycles. The predicted molar refractivity (Wildman–Crippen MR) is 71.7 cm³/mol. The first kappa shape index (κ1) is 13.5. The summed E-state index contributed by atoms with van der Waals surface area (Å²) in [5.41, 5.74) is -0.494. The van der Waals surface area contributed by atoms with Crippen molar-refractivity contribution in [3.8, 4) is 0 Å². The molecule has 2 unspecified atom stereocenters. The van der Waals surface area contributed by atoms with Gasteiger partial charge in [0.25, 0.3) is 5.69 Å². The SMILES string of the molecule is O=[N+]([O-])c1ccc(S(=O)(=O)NC23CCC2CNC3)cc1. The number of nitrogens with one attached hydrogen (secondary N) is 2. The van der Waals surface area contributed by atoms with Gasteiger partial charge in [-0.3, -0.25) is 10.1 Å². The quantitative estimate of drug-likeness (QED) is 0.627. The molecule has 0 aromatic heterocycles. The lowest BCUT2D eigenvalue weighted by Gasteiger charge is -2.44. The van der Waals surface area contributed by atoms with Gasteiger partial charge in [-0.05, 0) is 37.4 Å². The van der Waals surface area contributed by atoms with Crippen molar-refractivity contribution in [1.29, 1.82) is 0 Å². The Morgan fingerprint density at radius 3 is 2.55 bits per heavy atom. The van der Waals surface area contributed by atoms with Crippen LogP contribution in [0.5, 0.6) is 0 Å². The number of benzene rings is 1. The van der Waals surface area contributed by atoms with Crippen LogP contribution in [0.25, 0.3) is 0 Å². The topological polar surface area (TPSA) is 101 Å². The smallest absolute Gasteiger partial charge is 0.269 e. The zero-order chi connectivity index (χ0) is 14.4. The van der Waals surface area contributed by atoms with Crippen LogP contribution in [0.2, 0.25) is 0 Å². The molecule has 8 heteroatoms. The largest absolute Gasteiger partial charge is 0.315 e. The third-order valence-electron chi connectivity index (χ3n) is 4.25. The lowest BCUT2D eigenvalue weighted by molar-refractivity contribution is -0.384. The number of hydrogen-bond acceptors (Lipinski definition) is 5. The molecule has 1 aromatic carbocycles. The maximum Gasteiger partial charge on any atom is 0.269 e. The number of sulfonamides is 1. The van der Waals surface area contributed by atoms with E-state index in [2.05, 4.69) is 10.0 Å². The van der Waals surface area contributed by atoms with Crippen LogP contribution in [-0.2, 0) is 10.0 Å². The highest BCUT2D eigenvalue weighted by molar-refractivity contribution is 7.89. The van der Waals surface area contributed by atoms with Crippen LogP contribution in [-0.4, -0.2) is 32.0 Å². The van der Waals surface area contributed by atoms with Gasteiger partial charge >= 0.3 is 0 Å². The van der Waals surface area contributed by atoms with Gasteiger partial charge in [0.1, 0.15) is 0 Å². The first-order valence-electron chi connectivity index (χ1n) is 6.42. The van der Waals surface area contributed by atoms with Gasteiger partial charge in [-0.25, -0.2) is 13.1 Å². The number of non-ortho nitro benzene ring substituents is 1. The fraction of sp³-hybridized carbons (Fsp3) is 0.500. The van der Waals surface area contributed by atoms with Crippen LogP contribution in [0.3, 0.4) is 0 Å². The minimum atomic E-state index is -3.64. The Bertz CT molecular complexity index is 643. The van der Waals surface area contributed by atoms with E-state index in [9.17, 15) is 18.5 Å². The predicted octanol–water partition coefficient (Wildman–Crippen LogP) is 0.625. The Kier molecular flexibility index (Phi) is 3.03. The molecule has 20 heavy (non-hydrogen) atoms. The van der Waals surface area contributed by atoms with E-state index in [1.165, 1.54) is 24.3 Å². The summed E-state index contributed by atoms with van der Waals surface area (Å²) in [7, 11) is -3.64. The number of hydrogen-bond donors (Lipinski definition) is 2. The van der Waals surface area contributed by atoms with Crippen molar-refractivity contribution in [2.24, 2.45) is 5.92 Å². The molecule has 2 atom stereocenters. The molecule has 7 nitrogen and oxygen atoms in total. The van der Waals surface area contributed by atoms with Gasteiger partial charge in [0.15, 0.2) is 0 Å². The summed E-state index contributed by atoms with van der Waals surface area (Å²) in [5, 5.41) is 13.8. The Hall–Kier alpha value is -1.51. The molecule has 0 bridgehead atoms. The van der Waals surface area contributed by atoms with Crippen molar-refractivity contribution in [2.75, 3.05) is 13.1 Å². The highest BCUT2D eigenvalue weighted by Crippen LogP contribution is 2.42. The fourth-order valence-electron chi connectivity index (χ4n) is 2.94. The van der Waals surface area contributed by atoms with Crippen molar-refractivity contribution < 1.29 is 13.3 Å². The third-order valence-corrected chi connectivity index (χ3v) is 5.82. The summed E-state index contributed by atoms with van der Waals surface area (Å²) >= 11 is 0. The van der Waals surface area contributed by atoms with Crippen molar-refractivity contribution >= 4 is 15.7 Å². The summed E-state index contributed by atoms with van der Waals surface area (Å²) < 4.78 is 27.5. The van der Waals surface area contributed by atoms with Gasteiger partial charge in [0, 0.05) is 24.2 Å². The molecule has 1 saturated heterocycles. The highest BCUT2D eigenvalue weighted by Gasteiger charge is 2.52. The molecule has 3 rings (SSSR count). The molecule has 1 heterocycles. The average molecular weight is 297 g/mol. The van der Waals surface area contributed by atoms with Gasteiger partial charge in [-0.2, -0.15) is 0 Å². The number of fused-ring (bicyclic) bond motifs is 1. The maximum absolute atomic E-state index is 12.3. The number of nitro benzene ring substituents is 1. The molecule has 2 aliphatic rings. The van der Waals surface area contributed by atoms with Crippen LogP contribution >= 0.6 is 0 Å². The van der Waals surface area contributed by atoms with Gasteiger partial charge < -0.3 is 5.32 Å². The molecule has 2 fully saturated rings. The van der Waals surface area contributed by atoms with Crippen molar-refractivity contribution in [3.05, 3.63) is 34.4 Å². The van der Waals surface area contributed by atoms with Gasteiger partial charge in [-0.15, -0.1) is 0 Å². The van der Waals surface area contributed by atoms with Gasteiger partial charge in [-0.1, -0.05) is 0 Å². The normalized spacial score (nSPS) is 28.7. The van der Waals surface area contributed by atoms with E-state index in [0.717, 1.165) is 19.4 Å². The summed E-state index contributed by atoms with van der Waals surface area (Å²) in [4.78, 5) is 10.1. The molecule has 108 valence electrons. The molecule has 0 radical (unpaired) electrons. The van der Waals surface area contributed by atoms with E-state index in [-0.39, 0.29) is 16.1 Å². The van der Waals surface area contributed by atoms with Crippen LogP contribution in [0, 0.1) is 16.0 Å². The first-order chi connectivity index (χ1) is 9.43. The Balaban J connectivity index is 1.83. The molecular weight excluding hydrogens is 282 g/mol. The average Bonchev–Trinajstić information content (AvgIpc) is 2.66. The Labute approximate surface area is 116 Å². The second-order valence-electron chi connectivity index (χ2n) is 5.38. The number of nitrogens with zero attached hydrogens (tertiary/aromatic N) is 1. The van der Waals surface area contributed by atoms with Crippen molar-refractivity contribution in [3.63, 3.8) is 0 Å². The van der Waals surface area contributed by atoms with Crippen molar-refractivity contribution in [1.82, 2.24) is 10.0 Å². The van der Waals surface area contributed by atoms with Gasteiger partial charge in [0.05, 0.1) is 9.82 Å². The van der Waals surface area contributed by atoms with Crippen LogP contribution < -0.4 is 10.0 Å². The summed E-state index contributed by atoms with van der Waals surface area (Å²) in [6.45, 7) is 1.48. The first-order valence-corrected chi connectivity index (χ1v) is 7.90. The van der Waals surface area contributed by atoms with E-state index in [1.807, 2.05) is 0 Å².